The third kappa shape index (κ3) is 4.24. The van der Waals surface area contributed by atoms with Crippen LogP contribution in [-0.4, -0.2) is 58.5 Å². The summed E-state index contributed by atoms with van der Waals surface area (Å²) in [6.07, 6.45) is 5.35. The number of piperazine rings is 1. The SMILES string of the molecule is O=C(COc1ccc(Cl)c2cccnc12)N1CCN(Cc2cccnc2)CC1. The Bertz CT molecular complexity index is 959. The maximum atomic E-state index is 12.6. The second kappa shape index (κ2) is 8.54. The Morgan fingerprint density at radius 1 is 1.07 bits per heavy atom. The molecule has 3 heterocycles. The summed E-state index contributed by atoms with van der Waals surface area (Å²) in [4.78, 5) is 25.2. The summed E-state index contributed by atoms with van der Waals surface area (Å²) in [6.45, 7) is 3.92. The quantitative estimate of drug-likeness (QED) is 0.663. The van der Waals surface area contributed by atoms with Crippen LogP contribution in [0.5, 0.6) is 5.75 Å². The van der Waals surface area contributed by atoms with Crippen LogP contribution in [0.15, 0.2) is 55.0 Å². The number of ether oxygens (including phenoxy) is 1. The molecule has 28 heavy (non-hydrogen) atoms. The van der Waals surface area contributed by atoms with Crippen molar-refractivity contribution in [3.8, 4) is 5.75 Å². The van der Waals surface area contributed by atoms with Crippen molar-refractivity contribution >= 4 is 28.4 Å². The van der Waals surface area contributed by atoms with Gasteiger partial charge in [-0.1, -0.05) is 17.7 Å². The van der Waals surface area contributed by atoms with E-state index in [2.05, 4.69) is 20.9 Å². The summed E-state index contributed by atoms with van der Waals surface area (Å²) in [5.74, 6) is 0.559. The zero-order valence-electron chi connectivity index (χ0n) is 15.4. The number of hydrogen-bond acceptors (Lipinski definition) is 5. The first-order chi connectivity index (χ1) is 13.7. The van der Waals surface area contributed by atoms with Crippen LogP contribution in [0.2, 0.25) is 5.02 Å². The van der Waals surface area contributed by atoms with Crippen LogP contribution in [0, 0.1) is 0 Å². The summed E-state index contributed by atoms with van der Waals surface area (Å²) < 4.78 is 5.78. The normalized spacial score (nSPS) is 15.0. The molecule has 2 aromatic heterocycles. The number of pyridine rings is 2. The fourth-order valence-corrected chi connectivity index (χ4v) is 3.58. The van der Waals surface area contributed by atoms with Crippen LogP contribution < -0.4 is 4.74 Å². The second-order valence-corrected chi connectivity index (χ2v) is 7.16. The van der Waals surface area contributed by atoms with Crippen LogP contribution in [0.3, 0.4) is 0 Å². The van der Waals surface area contributed by atoms with E-state index in [-0.39, 0.29) is 12.5 Å². The van der Waals surface area contributed by atoms with Crippen molar-refractivity contribution in [2.45, 2.75) is 6.54 Å². The molecule has 1 amide bonds. The zero-order chi connectivity index (χ0) is 19.3. The van der Waals surface area contributed by atoms with Gasteiger partial charge in [0, 0.05) is 56.7 Å². The Balaban J connectivity index is 1.31. The summed E-state index contributed by atoms with van der Waals surface area (Å²) in [7, 11) is 0. The number of rotatable bonds is 5. The Labute approximate surface area is 168 Å². The van der Waals surface area contributed by atoms with Crippen molar-refractivity contribution < 1.29 is 9.53 Å². The lowest BCUT2D eigenvalue weighted by atomic mass is 10.2. The molecule has 6 nitrogen and oxygen atoms in total. The van der Waals surface area contributed by atoms with Gasteiger partial charge in [-0.05, 0) is 35.9 Å². The minimum Gasteiger partial charge on any atom is -0.481 e. The predicted molar refractivity (Wildman–Crippen MR) is 108 cm³/mol. The Hall–Kier alpha value is -2.70. The number of hydrogen-bond donors (Lipinski definition) is 0. The summed E-state index contributed by atoms with van der Waals surface area (Å²) in [5, 5.41) is 1.43. The first-order valence-electron chi connectivity index (χ1n) is 9.26. The van der Waals surface area contributed by atoms with E-state index < -0.39 is 0 Å². The molecular formula is C21H21ClN4O2. The van der Waals surface area contributed by atoms with Gasteiger partial charge in [0.05, 0.1) is 5.02 Å². The number of nitrogens with zero attached hydrogens (tertiary/aromatic N) is 4. The highest BCUT2D eigenvalue weighted by Crippen LogP contribution is 2.29. The van der Waals surface area contributed by atoms with E-state index in [1.807, 2.05) is 29.3 Å². The second-order valence-electron chi connectivity index (χ2n) is 6.75. The Morgan fingerprint density at radius 2 is 1.89 bits per heavy atom. The van der Waals surface area contributed by atoms with E-state index in [0.29, 0.717) is 29.4 Å². The molecule has 1 saturated heterocycles. The van der Waals surface area contributed by atoms with E-state index in [4.69, 9.17) is 16.3 Å². The van der Waals surface area contributed by atoms with Crippen molar-refractivity contribution in [3.63, 3.8) is 0 Å². The fourth-order valence-electron chi connectivity index (χ4n) is 3.36. The number of carbonyl (C=O) groups is 1. The topological polar surface area (TPSA) is 58.6 Å². The van der Waals surface area contributed by atoms with E-state index in [1.54, 1.807) is 24.5 Å². The maximum Gasteiger partial charge on any atom is 0.260 e. The highest BCUT2D eigenvalue weighted by atomic mass is 35.5. The molecule has 4 rings (SSSR count). The maximum absolute atomic E-state index is 12.6. The third-order valence-corrected chi connectivity index (χ3v) is 5.21. The predicted octanol–water partition coefficient (Wildman–Crippen LogP) is 3.01. The van der Waals surface area contributed by atoms with E-state index in [1.165, 1.54) is 5.56 Å². The largest absolute Gasteiger partial charge is 0.481 e. The highest BCUT2D eigenvalue weighted by Gasteiger charge is 2.21. The van der Waals surface area contributed by atoms with Crippen molar-refractivity contribution in [1.29, 1.82) is 0 Å². The number of aromatic nitrogens is 2. The molecular weight excluding hydrogens is 376 g/mol. The minimum atomic E-state index is -0.0138. The number of benzene rings is 1. The lowest BCUT2D eigenvalue weighted by Crippen LogP contribution is -2.49. The average molecular weight is 397 g/mol. The molecule has 0 N–H and O–H groups in total. The van der Waals surface area contributed by atoms with Crippen molar-refractivity contribution in [3.05, 3.63) is 65.6 Å². The van der Waals surface area contributed by atoms with Gasteiger partial charge in [-0.15, -0.1) is 0 Å². The molecule has 7 heteroatoms. The first kappa shape index (κ1) is 18.7. The van der Waals surface area contributed by atoms with Crippen LogP contribution in [0.25, 0.3) is 10.9 Å². The van der Waals surface area contributed by atoms with Crippen LogP contribution in [0.1, 0.15) is 5.56 Å². The van der Waals surface area contributed by atoms with Gasteiger partial charge >= 0.3 is 0 Å². The van der Waals surface area contributed by atoms with Gasteiger partial charge in [0.15, 0.2) is 6.61 Å². The van der Waals surface area contributed by atoms with Gasteiger partial charge in [0.25, 0.3) is 5.91 Å². The molecule has 1 fully saturated rings. The van der Waals surface area contributed by atoms with Gasteiger partial charge < -0.3 is 9.64 Å². The van der Waals surface area contributed by atoms with Crippen LogP contribution >= 0.6 is 11.6 Å². The van der Waals surface area contributed by atoms with Crippen LogP contribution in [0.4, 0.5) is 0 Å². The molecule has 3 aromatic rings. The molecule has 0 saturated carbocycles. The van der Waals surface area contributed by atoms with Gasteiger partial charge in [-0.3, -0.25) is 19.7 Å². The Kier molecular flexibility index (Phi) is 5.69. The van der Waals surface area contributed by atoms with Crippen molar-refractivity contribution in [2.75, 3.05) is 32.8 Å². The number of amides is 1. The molecule has 0 aliphatic carbocycles. The molecule has 0 spiro atoms. The van der Waals surface area contributed by atoms with E-state index >= 15 is 0 Å². The Morgan fingerprint density at radius 3 is 2.68 bits per heavy atom. The zero-order valence-corrected chi connectivity index (χ0v) is 16.2. The molecule has 0 atom stereocenters. The number of fused-ring (bicyclic) bond motifs is 1. The summed E-state index contributed by atoms with van der Waals surface area (Å²) in [6, 6.07) is 11.3. The summed E-state index contributed by atoms with van der Waals surface area (Å²) in [5.41, 5.74) is 1.86. The minimum absolute atomic E-state index is 0.00406. The van der Waals surface area contributed by atoms with E-state index in [9.17, 15) is 4.79 Å². The third-order valence-electron chi connectivity index (χ3n) is 4.88. The molecule has 1 aromatic carbocycles. The van der Waals surface area contributed by atoms with E-state index in [0.717, 1.165) is 25.0 Å². The smallest absolute Gasteiger partial charge is 0.260 e. The van der Waals surface area contributed by atoms with Gasteiger partial charge in [-0.25, -0.2) is 0 Å². The number of carbonyl (C=O) groups excluding carboxylic acids is 1. The molecule has 1 aliphatic rings. The monoisotopic (exact) mass is 396 g/mol. The van der Waals surface area contributed by atoms with Crippen molar-refractivity contribution in [2.24, 2.45) is 0 Å². The lowest BCUT2D eigenvalue weighted by Gasteiger charge is -2.34. The van der Waals surface area contributed by atoms with Gasteiger partial charge in [0.1, 0.15) is 11.3 Å². The number of halogens is 1. The lowest BCUT2D eigenvalue weighted by molar-refractivity contribution is -0.135. The standard InChI is InChI=1S/C21H21ClN4O2/c22-18-5-6-19(21-17(18)4-2-8-24-21)28-15-20(27)26-11-9-25(10-12-26)14-16-3-1-7-23-13-16/h1-8,13H,9-12,14-15H2. The summed E-state index contributed by atoms with van der Waals surface area (Å²) >= 11 is 6.21. The molecule has 144 valence electrons. The fraction of sp³-hybridized carbons (Fsp3) is 0.286. The van der Waals surface area contributed by atoms with Gasteiger partial charge in [-0.2, -0.15) is 0 Å². The highest BCUT2D eigenvalue weighted by molar-refractivity contribution is 6.35. The first-order valence-corrected chi connectivity index (χ1v) is 9.63. The molecule has 0 radical (unpaired) electrons. The van der Waals surface area contributed by atoms with Gasteiger partial charge in [0.2, 0.25) is 0 Å². The average Bonchev–Trinajstić information content (AvgIpc) is 2.74. The molecule has 0 bridgehead atoms. The van der Waals surface area contributed by atoms with Crippen molar-refractivity contribution in [1.82, 2.24) is 19.8 Å². The molecule has 0 unspecified atom stereocenters. The van der Waals surface area contributed by atoms with Crippen LogP contribution in [-0.2, 0) is 11.3 Å². The molecule has 1 aliphatic heterocycles.